The first kappa shape index (κ1) is 15.1. The topological polar surface area (TPSA) is 99.2 Å². The van der Waals surface area contributed by atoms with Crippen LogP contribution in [0.2, 0.25) is 5.02 Å². The summed E-state index contributed by atoms with van der Waals surface area (Å²) in [6.45, 7) is 0. The maximum absolute atomic E-state index is 11.0. The molecule has 2 unspecified atom stereocenters. The van der Waals surface area contributed by atoms with Crippen LogP contribution in [-0.2, 0) is 0 Å². The Labute approximate surface area is 131 Å². The van der Waals surface area contributed by atoms with Gasteiger partial charge in [0, 0.05) is 17.7 Å². The first-order valence-corrected chi connectivity index (χ1v) is 7.52. The number of rotatable bonds is 3. The third-order valence-corrected chi connectivity index (χ3v) is 4.98. The van der Waals surface area contributed by atoms with Crippen molar-refractivity contribution in [2.75, 3.05) is 4.90 Å². The number of nitro benzene ring substituents is 1. The second-order valence-corrected chi connectivity index (χ2v) is 6.15. The maximum atomic E-state index is 11.0. The average Bonchev–Trinajstić information content (AvgIpc) is 2.66. The van der Waals surface area contributed by atoms with Crippen LogP contribution in [0, 0.1) is 10.1 Å². The van der Waals surface area contributed by atoms with E-state index in [0.29, 0.717) is 18.5 Å². The van der Waals surface area contributed by atoms with Crippen LogP contribution in [0.5, 0.6) is 0 Å². The number of nitrogens with zero attached hydrogens (tertiary/aromatic N) is 3. The zero-order valence-corrected chi connectivity index (χ0v) is 12.5. The fourth-order valence-corrected chi connectivity index (χ4v) is 3.93. The summed E-state index contributed by atoms with van der Waals surface area (Å²) in [6.07, 6.45) is 5.15. The minimum atomic E-state index is -0.958. The Bertz CT molecular complexity index is 647. The summed E-state index contributed by atoms with van der Waals surface area (Å²) in [7, 11) is 0. The molecule has 22 heavy (non-hydrogen) atoms. The molecule has 3 rings (SSSR count). The number of halogens is 1. The van der Waals surface area contributed by atoms with E-state index in [1.165, 1.54) is 6.07 Å². The van der Waals surface area contributed by atoms with E-state index in [2.05, 4.69) is 5.16 Å². The van der Waals surface area contributed by atoms with E-state index in [9.17, 15) is 15.2 Å². The maximum Gasteiger partial charge on any atom is 0.288 e. The highest BCUT2D eigenvalue weighted by atomic mass is 35.5. The monoisotopic (exact) mass is 325 g/mol. The molecule has 2 fully saturated rings. The molecule has 0 radical (unpaired) electrons. The van der Waals surface area contributed by atoms with E-state index >= 15 is 0 Å². The van der Waals surface area contributed by atoms with Crippen molar-refractivity contribution in [1.29, 1.82) is 0 Å². The molecule has 118 valence electrons. The molecule has 0 saturated carbocycles. The van der Waals surface area contributed by atoms with Crippen molar-refractivity contribution in [2.45, 2.75) is 43.9 Å². The number of oxime groups is 1. The first-order chi connectivity index (χ1) is 10.5. The summed E-state index contributed by atoms with van der Waals surface area (Å²) >= 11 is 6.12. The number of aliphatic hydroxyl groups is 1. The lowest BCUT2D eigenvalue weighted by molar-refractivity contribution is -0.384. The molecular formula is C14H16ClN3O4. The van der Waals surface area contributed by atoms with E-state index in [4.69, 9.17) is 16.8 Å². The van der Waals surface area contributed by atoms with E-state index in [1.807, 2.05) is 4.90 Å². The lowest BCUT2D eigenvalue weighted by Crippen LogP contribution is -2.51. The lowest BCUT2D eigenvalue weighted by atomic mass is 9.97. The summed E-state index contributed by atoms with van der Waals surface area (Å²) in [5.41, 5.74) is -0.388. The van der Waals surface area contributed by atoms with Crippen molar-refractivity contribution >= 4 is 29.2 Å². The molecule has 7 nitrogen and oxygen atoms in total. The number of hydrogen-bond donors (Lipinski definition) is 2. The number of hydrogen-bond acceptors (Lipinski definition) is 6. The minimum Gasteiger partial charge on any atom is -0.411 e. The number of benzene rings is 1. The van der Waals surface area contributed by atoms with E-state index in [1.54, 1.807) is 6.07 Å². The van der Waals surface area contributed by atoms with Crippen molar-refractivity contribution in [1.82, 2.24) is 0 Å². The third kappa shape index (κ3) is 2.21. The van der Waals surface area contributed by atoms with Gasteiger partial charge in [-0.3, -0.25) is 10.1 Å². The quantitative estimate of drug-likeness (QED) is 0.385. The van der Waals surface area contributed by atoms with E-state index < -0.39 is 10.6 Å². The molecular weight excluding hydrogens is 310 g/mol. The van der Waals surface area contributed by atoms with Gasteiger partial charge >= 0.3 is 0 Å². The Balaban J connectivity index is 2.15. The predicted molar refractivity (Wildman–Crippen MR) is 81.8 cm³/mol. The van der Waals surface area contributed by atoms with Crippen LogP contribution in [-0.4, -0.2) is 33.2 Å². The van der Waals surface area contributed by atoms with Gasteiger partial charge in [-0.15, -0.1) is 0 Å². The van der Waals surface area contributed by atoms with Crippen LogP contribution in [0.25, 0.3) is 0 Å². The number of piperidine rings is 1. The smallest absolute Gasteiger partial charge is 0.288 e. The Morgan fingerprint density at radius 3 is 2.86 bits per heavy atom. The Morgan fingerprint density at radius 2 is 2.23 bits per heavy atom. The number of anilines is 1. The normalized spacial score (nSPS) is 27.5. The lowest BCUT2D eigenvalue weighted by Gasteiger charge is -2.43. The van der Waals surface area contributed by atoms with Crippen LogP contribution in [0.15, 0.2) is 17.3 Å². The van der Waals surface area contributed by atoms with Gasteiger partial charge in [0.2, 0.25) is 0 Å². The van der Waals surface area contributed by atoms with Crippen LogP contribution in [0.4, 0.5) is 11.4 Å². The second-order valence-electron chi connectivity index (χ2n) is 5.77. The van der Waals surface area contributed by atoms with Crippen LogP contribution >= 0.6 is 11.6 Å². The molecule has 1 aromatic rings. The summed E-state index contributed by atoms with van der Waals surface area (Å²) < 4.78 is 0. The Morgan fingerprint density at radius 1 is 1.45 bits per heavy atom. The molecule has 2 atom stereocenters. The highest BCUT2D eigenvalue weighted by molar-refractivity contribution is 6.35. The van der Waals surface area contributed by atoms with Crippen molar-refractivity contribution in [3.05, 3.63) is 32.8 Å². The minimum absolute atomic E-state index is 0.0890. The van der Waals surface area contributed by atoms with Gasteiger partial charge in [-0.25, -0.2) is 0 Å². The van der Waals surface area contributed by atoms with Gasteiger partial charge in [0.1, 0.15) is 10.7 Å². The van der Waals surface area contributed by atoms with Gasteiger partial charge in [0.15, 0.2) is 0 Å². The van der Waals surface area contributed by atoms with Crippen molar-refractivity contribution in [2.24, 2.45) is 5.16 Å². The summed E-state index contributed by atoms with van der Waals surface area (Å²) in [6, 6.07) is 3.06. The SMILES string of the molecule is O=[N+]([O-])c1ccc(N2C3CCCC2(O)CC3)c(/C=N/O)c1Cl. The second kappa shape index (κ2) is 5.40. The first-order valence-electron chi connectivity index (χ1n) is 7.14. The standard InChI is InChI=1S/C14H16ClN3O4/c15-13-10(8-16-20)11(3-4-12(13)18(21)22)17-9-2-1-6-14(17,19)7-5-9/h3-4,8-9,19-20H,1-2,5-7H2/b16-8+. The Kier molecular flexibility index (Phi) is 3.70. The molecule has 0 amide bonds. The van der Waals surface area contributed by atoms with Gasteiger partial charge in [-0.1, -0.05) is 16.8 Å². The van der Waals surface area contributed by atoms with Gasteiger partial charge in [-0.2, -0.15) is 0 Å². The molecule has 1 aromatic carbocycles. The zero-order valence-electron chi connectivity index (χ0n) is 11.8. The van der Waals surface area contributed by atoms with Crippen LogP contribution in [0.1, 0.15) is 37.7 Å². The third-order valence-electron chi connectivity index (χ3n) is 4.59. The fraction of sp³-hybridized carbons (Fsp3) is 0.500. The molecule has 2 N–H and O–H groups in total. The Hall–Kier alpha value is -1.86. The van der Waals surface area contributed by atoms with Crippen molar-refractivity contribution in [3.63, 3.8) is 0 Å². The number of fused-ring (bicyclic) bond motifs is 2. The van der Waals surface area contributed by atoms with Gasteiger partial charge in [0.25, 0.3) is 5.69 Å². The molecule has 0 aromatic heterocycles. The molecule has 2 aliphatic rings. The summed E-state index contributed by atoms with van der Waals surface area (Å²) in [5, 5.41) is 33.6. The largest absolute Gasteiger partial charge is 0.411 e. The zero-order chi connectivity index (χ0) is 15.9. The summed E-state index contributed by atoms with van der Waals surface area (Å²) in [4.78, 5) is 12.3. The molecule has 0 spiro atoms. The van der Waals surface area contributed by atoms with E-state index in [-0.39, 0.29) is 22.3 Å². The molecule has 2 aliphatic heterocycles. The molecule has 2 saturated heterocycles. The van der Waals surface area contributed by atoms with Crippen LogP contribution < -0.4 is 4.90 Å². The highest BCUT2D eigenvalue weighted by Gasteiger charge is 2.48. The summed E-state index contributed by atoms with van der Waals surface area (Å²) in [5.74, 6) is 0. The average molecular weight is 326 g/mol. The molecule has 0 aliphatic carbocycles. The van der Waals surface area contributed by atoms with E-state index in [0.717, 1.165) is 25.5 Å². The van der Waals surface area contributed by atoms with Gasteiger partial charge < -0.3 is 15.2 Å². The fourth-order valence-electron chi connectivity index (χ4n) is 3.65. The highest BCUT2D eigenvalue weighted by Crippen LogP contribution is 2.47. The molecule has 2 heterocycles. The predicted octanol–water partition coefficient (Wildman–Crippen LogP) is 2.90. The van der Waals surface area contributed by atoms with Crippen molar-refractivity contribution in [3.8, 4) is 0 Å². The van der Waals surface area contributed by atoms with Gasteiger partial charge in [-0.05, 0) is 38.2 Å². The van der Waals surface area contributed by atoms with Crippen LogP contribution in [0.3, 0.4) is 0 Å². The molecule has 8 heteroatoms. The van der Waals surface area contributed by atoms with Gasteiger partial charge in [0.05, 0.1) is 16.8 Å². The van der Waals surface area contributed by atoms with Crippen molar-refractivity contribution < 1.29 is 15.2 Å². The molecule has 2 bridgehead atoms. The number of nitro groups is 1.